The number of likely N-dealkylation sites (tertiary alicyclic amines) is 1. The highest BCUT2D eigenvalue weighted by Gasteiger charge is 2.27. The van der Waals surface area contributed by atoms with Crippen molar-refractivity contribution in [1.29, 1.82) is 0 Å². The second-order valence-corrected chi connectivity index (χ2v) is 5.28. The molecule has 1 aliphatic rings. The fraction of sp³-hybridized carbons (Fsp3) is 0.533. The molecule has 2 unspecified atom stereocenters. The van der Waals surface area contributed by atoms with E-state index in [0.717, 1.165) is 19.5 Å². The predicted molar refractivity (Wildman–Crippen MR) is 73.2 cm³/mol. The molecule has 1 aromatic rings. The Morgan fingerprint density at radius 2 is 2.17 bits per heavy atom. The van der Waals surface area contributed by atoms with Gasteiger partial charge in [-0.05, 0) is 24.4 Å². The van der Waals surface area contributed by atoms with Crippen molar-refractivity contribution in [2.45, 2.75) is 25.7 Å². The normalized spacial score (nSPS) is 21.0. The standard InChI is InChI=1S/C15H22N2O/c1-12(10-16)9-15(18)17-8-7-14(11-17)13-5-3-2-4-6-13/h2-6,12,14H,7-11,16H2,1H3. The van der Waals surface area contributed by atoms with Crippen molar-refractivity contribution in [3.05, 3.63) is 35.9 Å². The van der Waals surface area contributed by atoms with Crippen LogP contribution in [0.5, 0.6) is 0 Å². The van der Waals surface area contributed by atoms with E-state index in [4.69, 9.17) is 5.73 Å². The van der Waals surface area contributed by atoms with Gasteiger partial charge >= 0.3 is 0 Å². The Balaban J connectivity index is 1.90. The molecule has 0 saturated carbocycles. The van der Waals surface area contributed by atoms with Gasteiger partial charge in [-0.15, -0.1) is 0 Å². The summed E-state index contributed by atoms with van der Waals surface area (Å²) in [6.45, 7) is 4.36. The molecular formula is C15H22N2O. The summed E-state index contributed by atoms with van der Waals surface area (Å²) < 4.78 is 0. The summed E-state index contributed by atoms with van der Waals surface area (Å²) in [7, 11) is 0. The molecule has 1 saturated heterocycles. The highest BCUT2D eigenvalue weighted by molar-refractivity contribution is 5.76. The van der Waals surface area contributed by atoms with E-state index in [-0.39, 0.29) is 11.8 Å². The van der Waals surface area contributed by atoms with E-state index in [2.05, 4.69) is 24.3 Å². The second kappa shape index (κ2) is 6.01. The van der Waals surface area contributed by atoms with Crippen LogP contribution in [0.4, 0.5) is 0 Å². The molecule has 0 bridgehead atoms. The molecule has 18 heavy (non-hydrogen) atoms. The maximum atomic E-state index is 12.1. The number of hydrogen-bond donors (Lipinski definition) is 1. The van der Waals surface area contributed by atoms with E-state index >= 15 is 0 Å². The first kappa shape index (κ1) is 13.1. The van der Waals surface area contributed by atoms with E-state index in [0.29, 0.717) is 18.9 Å². The van der Waals surface area contributed by atoms with Crippen molar-refractivity contribution in [1.82, 2.24) is 4.90 Å². The molecule has 0 spiro atoms. The minimum absolute atomic E-state index is 0.256. The van der Waals surface area contributed by atoms with Crippen LogP contribution >= 0.6 is 0 Å². The molecule has 1 aromatic carbocycles. The summed E-state index contributed by atoms with van der Waals surface area (Å²) in [5, 5.41) is 0. The molecule has 2 atom stereocenters. The van der Waals surface area contributed by atoms with Gasteiger partial charge in [-0.25, -0.2) is 0 Å². The third kappa shape index (κ3) is 3.10. The summed E-state index contributed by atoms with van der Waals surface area (Å²) in [6.07, 6.45) is 1.66. The lowest BCUT2D eigenvalue weighted by molar-refractivity contribution is -0.131. The largest absolute Gasteiger partial charge is 0.342 e. The Kier molecular flexibility index (Phi) is 4.37. The fourth-order valence-electron chi connectivity index (χ4n) is 2.49. The molecule has 98 valence electrons. The first-order valence-electron chi connectivity index (χ1n) is 6.73. The van der Waals surface area contributed by atoms with Gasteiger partial charge in [0.15, 0.2) is 0 Å². The number of nitrogens with two attached hydrogens (primary N) is 1. The molecule has 0 aliphatic carbocycles. The van der Waals surface area contributed by atoms with Gasteiger partial charge in [0.2, 0.25) is 5.91 Å². The van der Waals surface area contributed by atoms with Crippen LogP contribution in [-0.2, 0) is 4.79 Å². The van der Waals surface area contributed by atoms with Crippen molar-refractivity contribution in [3.8, 4) is 0 Å². The summed E-state index contributed by atoms with van der Waals surface area (Å²) >= 11 is 0. The van der Waals surface area contributed by atoms with Crippen LogP contribution in [0.25, 0.3) is 0 Å². The van der Waals surface area contributed by atoms with Gasteiger partial charge < -0.3 is 10.6 Å². The van der Waals surface area contributed by atoms with Crippen molar-refractivity contribution >= 4 is 5.91 Å². The van der Waals surface area contributed by atoms with E-state index < -0.39 is 0 Å². The maximum Gasteiger partial charge on any atom is 0.222 e. The predicted octanol–water partition coefficient (Wildman–Crippen LogP) is 1.99. The molecule has 1 aliphatic heterocycles. The van der Waals surface area contributed by atoms with Crippen LogP contribution in [0.2, 0.25) is 0 Å². The SMILES string of the molecule is CC(CN)CC(=O)N1CCC(c2ccccc2)C1. The average molecular weight is 246 g/mol. The molecule has 0 aromatic heterocycles. The molecule has 3 heteroatoms. The van der Waals surface area contributed by atoms with Gasteiger partial charge in [0.05, 0.1) is 0 Å². The summed E-state index contributed by atoms with van der Waals surface area (Å²) in [5.74, 6) is 1.04. The Labute approximate surface area is 109 Å². The second-order valence-electron chi connectivity index (χ2n) is 5.28. The molecule has 3 nitrogen and oxygen atoms in total. The van der Waals surface area contributed by atoms with Crippen LogP contribution in [0.3, 0.4) is 0 Å². The third-order valence-electron chi connectivity index (χ3n) is 3.74. The van der Waals surface area contributed by atoms with E-state index in [1.807, 2.05) is 17.9 Å². The van der Waals surface area contributed by atoms with Crippen LogP contribution in [0, 0.1) is 5.92 Å². The topological polar surface area (TPSA) is 46.3 Å². The zero-order valence-electron chi connectivity index (χ0n) is 11.0. The van der Waals surface area contributed by atoms with Gasteiger partial charge in [-0.1, -0.05) is 37.3 Å². The van der Waals surface area contributed by atoms with Crippen LogP contribution in [-0.4, -0.2) is 30.4 Å². The van der Waals surface area contributed by atoms with E-state index in [9.17, 15) is 4.79 Å². The van der Waals surface area contributed by atoms with E-state index in [1.54, 1.807) is 0 Å². The van der Waals surface area contributed by atoms with Crippen LogP contribution in [0.15, 0.2) is 30.3 Å². The highest BCUT2D eigenvalue weighted by atomic mass is 16.2. The zero-order chi connectivity index (χ0) is 13.0. The van der Waals surface area contributed by atoms with Crippen molar-refractivity contribution in [2.75, 3.05) is 19.6 Å². The molecular weight excluding hydrogens is 224 g/mol. The molecule has 1 fully saturated rings. The van der Waals surface area contributed by atoms with Crippen molar-refractivity contribution in [2.24, 2.45) is 11.7 Å². The molecule has 1 amide bonds. The Bertz CT molecular complexity index is 391. The number of hydrogen-bond acceptors (Lipinski definition) is 2. The summed E-state index contributed by atoms with van der Waals surface area (Å²) in [6, 6.07) is 10.5. The van der Waals surface area contributed by atoms with Gasteiger partial charge in [-0.2, -0.15) is 0 Å². The lowest BCUT2D eigenvalue weighted by atomic mass is 9.99. The van der Waals surface area contributed by atoms with E-state index in [1.165, 1.54) is 5.56 Å². The lowest BCUT2D eigenvalue weighted by Crippen LogP contribution is -2.31. The summed E-state index contributed by atoms with van der Waals surface area (Å²) in [5.41, 5.74) is 6.91. The van der Waals surface area contributed by atoms with Crippen LogP contribution < -0.4 is 5.73 Å². The van der Waals surface area contributed by atoms with Crippen molar-refractivity contribution < 1.29 is 4.79 Å². The Morgan fingerprint density at radius 1 is 1.44 bits per heavy atom. The van der Waals surface area contributed by atoms with Crippen LogP contribution in [0.1, 0.15) is 31.2 Å². The first-order valence-corrected chi connectivity index (χ1v) is 6.73. The number of carbonyl (C=O) groups is 1. The highest BCUT2D eigenvalue weighted by Crippen LogP contribution is 2.27. The fourth-order valence-corrected chi connectivity index (χ4v) is 2.49. The van der Waals surface area contributed by atoms with Gasteiger partial charge in [0, 0.05) is 25.4 Å². The minimum Gasteiger partial charge on any atom is -0.342 e. The Morgan fingerprint density at radius 3 is 2.83 bits per heavy atom. The maximum absolute atomic E-state index is 12.1. The monoisotopic (exact) mass is 246 g/mol. The number of carbonyl (C=O) groups excluding carboxylic acids is 1. The number of rotatable bonds is 4. The molecule has 1 heterocycles. The van der Waals surface area contributed by atoms with Gasteiger partial charge in [0.25, 0.3) is 0 Å². The minimum atomic E-state index is 0.256. The first-order chi connectivity index (χ1) is 8.70. The molecule has 0 radical (unpaired) electrons. The smallest absolute Gasteiger partial charge is 0.222 e. The number of nitrogens with zero attached hydrogens (tertiary/aromatic N) is 1. The van der Waals surface area contributed by atoms with Gasteiger partial charge in [0.1, 0.15) is 0 Å². The Hall–Kier alpha value is -1.35. The quantitative estimate of drug-likeness (QED) is 0.883. The third-order valence-corrected chi connectivity index (χ3v) is 3.74. The summed E-state index contributed by atoms with van der Waals surface area (Å²) in [4.78, 5) is 14.1. The number of benzene rings is 1. The zero-order valence-corrected chi connectivity index (χ0v) is 11.0. The van der Waals surface area contributed by atoms with Gasteiger partial charge in [-0.3, -0.25) is 4.79 Å². The number of amides is 1. The molecule has 2 rings (SSSR count). The average Bonchev–Trinajstić information content (AvgIpc) is 2.89. The molecule has 2 N–H and O–H groups in total. The van der Waals surface area contributed by atoms with Crippen molar-refractivity contribution in [3.63, 3.8) is 0 Å². The lowest BCUT2D eigenvalue weighted by Gasteiger charge is -2.18.